The van der Waals surface area contributed by atoms with Crippen LogP contribution in [0, 0.1) is 0 Å². The number of aromatic nitrogens is 1. The van der Waals surface area contributed by atoms with E-state index in [9.17, 15) is 0 Å². The van der Waals surface area contributed by atoms with Crippen molar-refractivity contribution in [3.8, 4) is 0 Å². The molecule has 15 heavy (non-hydrogen) atoms. The third-order valence-corrected chi connectivity index (χ3v) is 2.83. The highest BCUT2D eigenvalue weighted by Crippen LogP contribution is 2.09. The van der Waals surface area contributed by atoms with Gasteiger partial charge in [0.1, 0.15) is 5.15 Å². The van der Waals surface area contributed by atoms with E-state index in [1.807, 2.05) is 18.3 Å². The molecular weight excluding hydrogens is 212 g/mol. The highest BCUT2D eigenvalue weighted by Gasteiger charge is 2.12. The molecule has 2 rings (SSSR count). The van der Waals surface area contributed by atoms with E-state index in [0.29, 0.717) is 11.2 Å². The van der Waals surface area contributed by atoms with Gasteiger partial charge in [0.2, 0.25) is 0 Å². The SMILES string of the molecule is Clc1ccc(CNC2CCOCC2)cn1. The zero-order valence-electron chi connectivity index (χ0n) is 8.58. The first-order valence-electron chi connectivity index (χ1n) is 5.26. The van der Waals surface area contributed by atoms with E-state index in [1.165, 1.54) is 5.56 Å². The van der Waals surface area contributed by atoms with Gasteiger partial charge in [-0.25, -0.2) is 4.98 Å². The third-order valence-electron chi connectivity index (χ3n) is 2.60. The topological polar surface area (TPSA) is 34.1 Å². The van der Waals surface area contributed by atoms with Crippen LogP contribution in [-0.4, -0.2) is 24.2 Å². The highest BCUT2D eigenvalue weighted by molar-refractivity contribution is 6.29. The van der Waals surface area contributed by atoms with Gasteiger partial charge in [-0.15, -0.1) is 0 Å². The van der Waals surface area contributed by atoms with Crippen molar-refractivity contribution in [3.63, 3.8) is 0 Å². The summed E-state index contributed by atoms with van der Waals surface area (Å²) in [6, 6.07) is 4.40. The fourth-order valence-corrected chi connectivity index (χ4v) is 1.79. The fraction of sp³-hybridized carbons (Fsp3) is 0.545. The van der Waals surface area contributed by atoms with Crippen LogP contribution in [0.1, 0.15) is 18.4 Å². The van der Waals surface area contributed by atoms with Crippen molar-refractivity contribution in [1.82, 2.24) is 10.3 Å². The molecule has 1 aliphatic rings. The van der Waals surface area contributed by atoms with Gasteiger partial charge < -0.3 is 10.1 Å². The molecule has 0 saturated carbocycles. The van der Waals surface area contributed by atoms with Gasteiger partial charge >= 0.3 is 0 Å². The van der Waals surface area contributed by atoms with Crippen molar-refractivity contribution in [3.05, 3.63) is 29.0 Å². The van der Waals surface area contributed by atoms with Crippen LogP contribution in [0.5, 0.6) is 0 Å². The summed E-state index contributed by atoms with van der Waals surface area (Å²) in [7, 11) is 0. The Kier molecular flexibility index (Phi) is 3.94. The fourth-order valence-electron chi connectivity index (χ4n) is 1.67. The van der Waals surface area contributed by atoms with Crippen LogP contribution >= 0.6 is 11.6 Å². The van der Waals surface area contributed by atoms with Gasteiger partial charge in [-0.1, -0.05) is 17.7 Å². The van der Waals surface area contributed by atoms with E-state index in [1.54, 1.807) is 0 Å². The van der Waals surface area contributed by atoms with Crippen LogP contribution in [-0.2, 0) is 11.3 Å². The van der Waals surface area contributed by atoms with E-state index < -0.39 is 0 Å². The molecule has 0 unspecified atom stereocenters. The standard InChI is InChI=1S/C11H15ClN2O/c12-11-2-1-9(8-14-11)7-13-10-3-5-15-6-4-10/h1-2,8,10,13H,3-7H2. The van der Waals surface area contributed by atoms with E-state index in [-0.39, 0.29) is 0 Å². The summed E-state index contributed by atoms with van der Waals surface area (Å²) in [5.41, 5.74) is 1.17. The Morgan fingerprint density at radius 1 is 1.40 bits per heavy atom. The van der Waals surface area contributed by atoms with Crippen molar-refractivity contribution in [2.75, 3.05) is 13.2 Å². The predicted octanol–water partition coefficient (Wildman–Crippen LogP) is 2.00. The maximum absolute atomic E-state index is 5.71. The Labute approximate surface area is 94.8 Å². The molecule has 1 aromatic rings. The van der Waals surface area contributed by atoms with Crippen molar-refractivity contribution in [1.29, 1.82) is 0 Å². The second-order valence-electron chi connectivity index (χ2n) is 3.76. The normalized spacial score (nSPS) is 17.9. The maximum Gasteiger partial charge on any atom is 0.129 e. The van der Waals surface area contributed by atoms with E-state index in [2.05, 4.69) is 10.3 Å². The smallest absolute Gasteiger partial charge is 0.129 e. The maximum atomic E-state index is 5.71. The van der Waals surface area contributed by atoms with Crippen molar-refractivity contribution in [2.45, 2.75) is 25.4 Å². The van der Waals surface area contributed by atoms with E-state index in [4.69, 9.17) is 16.3 Å². The molecular formula is C11H15ClN2O. The van der Waals surface area contributed by atoms with Crippen LogP contribution < -0.4 is 5.32 Å². The largest absolute Gasteiger partial charge is 0.381 e. The van der Waals surface area contributed by atoms with Gasteiger partial charge in [0.15, 0.2) is 0 Å². The Bertz CT molecular complexity index is 296. The zero-order chi connectivity index (χ0) is 10.5. The van der Waals surface area contributed by atoms with Gasteiger partial charge in [-0.3, -0.25) is 0 Å². The lowest BCUT2D eigenvalue weighted by Gasteiger charge is -2.23. The zero-order valence-corrected chi connectivity index (χ0v) is 9.33. The van der Waals surface area contributed by atoms with Crippen LogP contribution in [0.15, 0.2) is 18.3 Å². The van der Waals surface area contributed by atoms with Gasteiger partial charge in [-0.2, -0.15) is 0 Å². The quantitative estimate of drug-likeness (QED) is 0.801. The molecule has 0 aromatic carbocycles. The summed E-state index contributed by atoms with van der Waals surface area (Å²) >= 11 is 5.71. The number of nitrogens with one attached hydrogen (secondary N) is 1. The second kappa shape index (κ2) is 5.45. The first-order chi connectivity index (χ1) is 7.34. The highest BCUT2D eigenvalue weighted by atomic mass is 35.5. The average Bonchev–Trinajstić information content (AvgIpc) is 2.30. The average molecular weight is 227 g/mol. The molecule has 1 N–H and O–H groups in total. The minimum Gasteiger partial charge on any atom is -0.381 e. The van der Waals surface area contributed by atoms with E-state index >= 15 is 0 Å². The molecule has 0 aliphatic carbocycles. The van der Waals surface area contributed by atoms with Crippen LogP contribution in [0.4, 0.5) is 0 Å². The summed E-state index contributed by atoms with van der Waals surface area (Å²) in [6.07, 6.45) is 4.01. The number of rotatable bonds is 3. The molecule has 1 fully saturated rings. The molecule has 82 valence electrons. The first-order valence-corrected chi connectivity index (χ1v) is 5.64. The van der Waals surface area contributed by atoms with Crippen LogP contribution in [0.2, 0.25) is 5.15 Å². The third kappa shape index (κ3) is 3.45. The molecule has 4 heteroatoms. The number of hydrogen-bond acceptors (Lipinski definition) is 3. The first kappa shape index (κ1) is 10.9. The van der Waals surface area contributed by atoms with Gasteiger partial charge in [-0.05, 0) is 24.5 Å². The molecule has 2 heterocycles. The predicted molar refractivity (Wildman–Crippen MR) is 59.9 cm³/mol. The molecule has 1 saturated heterocycles. The van der Waals surface area contributed by atoms with Crippen molar-refractivity contribution >= 4 is 11.6 Å². The Morgan fingerprint density at radius 2 is 2.20 bits per heavy atom. The second-order valence-corrected chi connectivity index (χ2v) is 4.14. The Balaban J connectivity index is 1.79. The van der Waals surface area contributed by atoms with Crippen LogP contribution in [0.3, 0.4) is 0 Å². The molecule has 1 aromatic heterocycles. The molecule has 3 nitrogen and oxygen atoms in total. The lowest BCUT2D eigenvalue weighted by atomic mass is 10.1. The summed E-state index contributed by atoms with van der Waals surface area (Å²) in [5, 5.41) is 4.04. The van der Waals surface area contributed by atoms with E-state index in [0.717, 1.165) is 32.6 Å². The lowest BCUT2D eigenvalue weighted by molar-refractivity contribution is 0.0776. The molecule has 0 bridgehead atoms. The minimum absolute atomic E-state index is 0.546. The van der Waals surface area contributed by atoms with Gasteiger partial charge in [0.25, 0.3) is 0 Å². The summed E-state index contributed by atoms with van der Waals surface area (Å²) in [4.78, 5) is 4.04. The minimum atomic E-state index is 0.546. The molecule has 0 radical (unpaired) electrons. The number of halogens is 1. The molecule has 1 aliphatic heterocycles. The summed E-state index contributed by atoms with van der Waals surface area (Å²) in [5.74, 6) is 0. The number of ether oxygens (including phenoxy) is 1. The molecule has 0 amide bonds. The lowest BCUT2D eigenvalue weighted by Crippen LogP contribution is -2.34. The summed E-state index contributed by atoms with van der Waals surface area (Å²) < 4.78 is 5.30. The van der Waals surface area contributed by atoms with Gasteiger partial charge in [0, 0.05) is 32.0 Å². The summed E-state index contributed by atoms with van der Waals surface area (Å²) in [6.45, 7) is 2.60. The Hall–Kier alpha value is -0.640. The Morgan fingerprint density at radius 3 is 2.87 bits per heavy atom. The van der Waals surface area contributed by atoms with Crippen LogP contribution in [0.25, 0.3) is 0 Å². The number of nitrogens with zero attached hydrogens (tertiary/aromatic N) is 1. The monoisotopic (exact) mass is 226 g/mol. The van der Waals surface area contributed by atoms with Crippen molar-refractivity contribution in [2.24, 2.45) is 0 Å². The van der Waals surface area contributed by atoms with Crippen molar-refractivity contribution < 1.29 is 4.74 Å². The number of pyridine rings is 1. The number of hydrogen-bond donors (Lipinski definition) is 1. The molecule has 0 spiro atoms. The van der Waals surface area contributed by atoms with Gasteiger partial charge in [0.05, 0.1) is 0 Å². The molecule has 0 atom stereocenters.